The zero-order valence-electron chi connectivity index (χ0n) is 15.8. The lowest BCUT2D eigenvalue weighted by atomic mass is 10.2. The second-order valence-corrected chi connectivity index (χ2v) is 9.13. The van der Waals surface area contributed by atoms with Gasteiger partial charge in [-0.25, -0.2) is 13.2 Å². The van der Waals surface area contributed by atoms with Crippen LogP contribution in [0.2, 0.25) is 0 Å². The number of carbonyl (C=O) groups excluding carboxylic acids is 2. The third kappa shape index (κ3) is 6.54. The van der Waals surface area contributed by atoms with Gasteiger partial charge < -0.3 is 16.0 Å². The lowest BCUT2D eigenvalue weighted by Crippen LogP contribution is -2.56. The normalized spacial score (nSPS) is 16.8. The van der Waals surface area contributed by atoms with Gasteiger partial charge in [0.2, 0.25) is 15.9 Å². The Morgan fingerprint density at radius 3 is 2.43 bits per heavy atom. The molecule has 1 saturated heterocycles. The molecule has 1 fully saturated rings. The maximum Gasteiger partial charge on any atom is 0.312 e. The number of carbonyl (C=O) groups is 2. The topological polar surface area (TPSA) is 113 Å². The number of benzene rings is 1. The first-order chi connectivity index (χ1) is 13.3. The molecule has 3 amide bonds. The molecule has 0 bridgehead atoms. The molecular formula is C18H26N4O4S2. The third-order valence-corrected chi connectivity index (χ3v) is 6.58. The van der Waals surface area contributed by atoms with Gasteiger partial charge in [0.1, 0.15) is 6.04 Å². The minimum Gasteiger partial charge on any atom is -0.352 e. The van der Waals surface area contributed by atoms with E-state index in [0.29, 0.717) is 12.2 Å². The van der Waals surface area contributed by atoms with Crippen molar-refractivity contribution >= 4 is 39.8 Å². The lowest BCUT2D eigenvalue weighted by Gasteiger charge is -2.35. The van der Waals surface area contributed by atoms with Gasteiger partial charge in [-0.05, 0) is 30.1 Å². The molecule has 1 aromatic rings. The Balaban J connectivity index is 1.95. The molecule has 154 valence electrons. The first-order valence-electron chi connectivity index (χ1n) is 8.90. The van der Waals surface area contributed by atoms with Crippen LogP contribution in [0.25, 0.3) is 6.08 Å². The first-order valence-corrected chi connectivity index (χ1v) is 11.8. The van der Waals surface area contributed by atoms with Gasteiger partial charge in [-0.3, -0.25) is 4.79 Å². The number of nitrogens with two attached hydrogens (primary N) is 1. The molecule has 1 aromatic carbocycles. The van der Waals surface area contributed by atoms with E-state index in [2.05, 4.69) is 5.32 Å². The van der Waals surface area contributed by atoms with E-state index >= 15 is 0 Å². The Kier molecular flexibility index (Phi) is 8.34. The van der Waals surface area contributed by atoms with Crippen LogP contribution in [0.1, 0.15) is 12.0 Å². The Morgan fingerprint density at radius 1 is 1.21 bits per heavy atom. The summed E-state index contributed by atoms with van der Waals surface area (Å²) in [5.74, 6) is 0.472. The van der Waals surface area contributed by atoms with Crippen molar-refractivity contribution in [1.29, 1.82) is 0 Å². The zero-order valence-corrected chi connectivity index (χ0v) is 17.4. The van der Waals surface area contributed by atoms with Crippen molar-refractivity contribution < 1.29 is 18.0 Å². The molecule has 0 aliphatic carbocycles. The van der Waals surface area contributed by atoms with Crippen LogP contribution in [0.5, 0.6) is 0 Å². The molecule has 1 aliphatic rings. The van der Waals surface area contributed by atoms with Crippen molar-refractivity contribution in [3.8, 4) is 0 Å². The van der Waals surface area contributed by atoms with Crippen molar-refractivity contribution in [2.24, 2.45) is 5.73 Å². The molecule has 1 aliphatic heterocycles. The standard InChI is InChI=1S/C18H26N4O4S2/c1-27-13-7-16(20-18(19)24)17(23)21-9-11-22(12-10-21)28(25,26)14-8-15-5-3-2-4-6-15/h2-6,8,14,16H,7,9-13H2,1H3,(H3,19,20,24). The van der Waals surface area contributed by atoms with E-state index in [-0.39, 0.29) is 32.1 Å². The maximum absolute atomic E-state index is 12.7. The van der Waals surface area contributed by atoms with Crippen LogP contribution in [0.15, 0.2) is 35.7 Å². The number of nitrogens with zero attached hydrogens (tertiary/aromatic N) is 2. The number of rotatable bonds is 8. The molecule has 0 aromatic heterocycles. The molecule has 2 rings (SSSR count). The molecule has 1 atom stereocenters. The van der Waals surface area contributed by atoms with Gasteiger partial charge in [0.15, 0.2) is 0 Å². The Morgan fingerprint density at radius 2 is 1.86 bits per heavy atom. The minimum atomic E-state index is -3.56. The van der Waals surface area contributed by atoms with Crippen LogP contribution < -0.4 is 11.1 Å². The number of nitrogens with one attached hydrogen (secondary N) is 1. The average Bonchev–Trinajstić information content (AvgIpc) is 2.70. The summed E-state index contributed by atoms with van der Waals surface area (Å²) in [6, 6.07) is 7.75. The summed E-state index contributed by atoms with van der Waals surface area (Å²) in [7, 11) is -3.56. The summed E-state index contributed by atoms with van der Waals surface area (Å²) >= 11 is 1.57. The van der Waals surface area contributed by atoms with Gasteiger partial charge in [-0.1, -0.05) is 30.3 Å². The highest BCUT2D eigenvalue weighted by Crippen LogP contribution is 2.13. The Bertz CT molecular complexity index is 791. The summed E-state index contributed by atoms with van der Waals surface area (Å²) in [6.07, 6.45) is 3.95. The largest absolute Gasteiger partial charge is 0.352 e. The number of urea groups is 1. The monoisotopic (exact) mass is 426 g/mol. The van der Waals surface area contributed by atoms with E-state index in [9.17, 15) is 18.0 Å². The summed E-state index contributed by atoms with van der Waals surface area (Å²) in [5.41, 5.74) is 5.97. The first kappa shape index (κ1) is 22.3. The molecule has 0 spiro atoms. The van der Waals surface area contributed by atoms with Crippen LogP contribution in [-0.4, -0.2) is 73.8 Å². The van der Waals surface area contributed by atoms with Crippen molar-refractivity contribution in [1.82, 2.24) is 14.5 Å². The SMILES string of the molecule is CSCCC(NC(N)=O)C(=O)N1CCN(S(=O)(=O)C=Cc2ccccc2)CC1. The average molecular weight is 427 g/mol. The summed E-state index contributed by atoms with van der Waals surface area (Å²) in [6.45, 7) is 0.957. The number of piperazine rings is 1. The van der Waals surface area contributed by atoms with E-state index in [4.69, 9.17) is 5.73 Å². The predicted molar refractivity (Wildman–Crippen MR) is 112 cm³/mol. The number of hydrogen-bond donors (Lipinski definition) is 2. The lowest BCUT2D eigenvalue weighted by molar-refractivity contribution is -0.134. The summed E-state index contributed by atoms with van der Waals surface area (Å²) in [4.78, 5) is 25.4. The molecule has 10 heteroatoms. The van der Waals surface area contributed by atoms with E-state index in [1.54, 1.807) is 22.7 Å². The van der Waals surface area contributed by atoms with Gasteiger partial charge >= 0.3 is 6.03 Å². The second-order valence-electron chi connectivity index (χ2n) is 6.33. The van der Waals surface area contributed by atoms with Crippen LogP contribution in [0.4, 0.5) is 4.79 Å². The van der Waals surface area contributed by atoms with Crippen LogP contribution >= 0.6 is 11.8 Å². The molecule has 0 saturated carbocycles. The van der Waals surface area contributed by atoms with Gasteiger partial charge in [0.05, 0.1) is 0 Å². The third-order valence-electron chi connectivity index (χ3n) is 4.37. The highest BCUT2D eigenvalue weighted by molar-refractivity contribution is 7.98. The fraction of sp³-hybridized carbons (Fsp3) is 0.444. The van der Waals surface area contributed by atoms with Crippen LogP contribution in [-0.2, 0) is 14.8 Å². The minimum absolute atomic E-state index is 0.207. The quantitative estimate of drug-likeness (QED) is 0.642. The zero-order chi connectivity index (χ0) is 20.6. The fourth-order valence-electron chi connectivity index (χ4n) is 2.86. The molecule has 8 nitrogen and oxygen atoms in total. The molecular weight excluding hydrogens is 400 g/mol. The number of hydrogen-bond acceptors (Lipinski definition) is 5. The summed E-state index contributed by atoms with van der Waals surface area (Å²) in [5, 5.41) is 3.67. The van der Waals surface area contributed by atoms with Gasteiger partial charge in [-0.15, -0.1) is 0 Å². The van der Waals surface area contributed by atoms with Gasteiger partial charge in [0.25, 0.3) is 0 Å². The highest BCUT2D eigenvalue weighted by atomic mass is 32.2. The Labute approximate surface area is 170 Å². The molecule has 3 N–H and O–H groups in total. The Hall–Kier alpha value is -2.04. The van der Waals surface area contributed by atoms with E-state index in [1.807, 2.05) is 36.6 Å². The van der Waals surface area contributed by atoms with Crippen LogP contribution in [0, 0.1) is 0 Å². The van der Waals surface area contributed by atoms with Gasteiger partial charge in [0, 0.05) is 31.6 Å². The van der Waals surface area contributed by atoms with Crippen molar-refractivity contribution in [3.63, 3.8) is 0 Å². The predicted octanol–water partition coefficient (Wildman–Crippen LogP) is 0.921. The number of primary amides is 1. The second kappa shape index (κ2) is 10.5. The molecule has 0 radical (unpaired) electrons. The van der Waals surface area contributed by atoms with E-state index in [0.717, 1.165) is 5.56 Å². The van der Waals surface area contributed by atoms with Crippen molar-refractivity contribution in [3.05, 3.63) is 41.3 Å². The van der Waals surface area contributed by atoms with Crippen LogP contribution in [0.3, 0.4) is 0 Å². The van der Waals surface area contributed by atoms with E-state index < -0.39 is 22.1 Å². The molecule has 1 heterocycles. The number of amides is 3. The van der Waals surface area contributed by atoms with E-state index in [1.165, 1.54) is 9.71 Å². The summed E-state index contributed by atoms with van der Waals surface area (Å²) < 4.78 is 26.4. The van der Waals surface area contributed by atoms with Crippen molar-refractivity contribution in [2.45, 2.75) is 12.5 Å². The maximum atomic E-state index is 12.7. The number of sulfonamides is 1. The molecule has 1 unspecified atom stereocenters. The number of thioether (sulfide) groups is 1. The highest BCUT2D eigenvalue weighted by Gasteiger charge is 2.31. The fourth-order valence-corrected chi connectivity index (χ4v) is 4.51. The molecule has 28 heavy (non-hydrogen) atoms. The van der Waals surface area contributed by atoms with Crippen molar-refractivity contribution in [2.75, 3.05) is 38.2 Å². The smallest absolute Gasteiger partial charge is 0.312 e. The van der Waals surface area contributed by atoms with Gasteiger partial charge in [-0.2, -0.15) is 16.1 Å².